The molecule has 2 aromatic carbocycles. The zero-order valence-corrected chi connectivity index (χ0v) is 14.3. The third kappa shape index (κ3) is 4.08. The van der Waals surface area contributed by atoms with Crippen LogP contribution in [-0.4, -0.2) is 25.2 Å². The Hall–Kier alpha value is -2.04. The zero-order chi connectivity index (χ0) is 16.9. The number of halogens is 1. The Morgan fingerprint density at radius 3 is 2.92 bits per heavy atom. The van der Waals surface area contributed by atoms with Gasteiger partial charge in [0.05, 0.1) is 11.7 Å². The Labute approximate surface area is 146 Å². The van der Waals surface area contributed by atoms with Crippen LogP contribution in [0.25, 0.3) is 0 Å². The van der Waals surface area contributed by atoms with Crippen molar-refractivity contribution in [3.8, 4) is 5.75 Å². The van der Waals surface area contributed by atoms with Gasteiger partial charge in [-0.3, -0.25) is 4.79 Å². The highest BCUT2D eigenvalue weighted by molar-refractivity contribution is 6.31. The molecular formula is C19H20ClNO3. The van der Waals surface area contributed by atoms with E-state index in [4.69, 9.17) is 21.1 Å². The van der Waals surface area contributed by atoms with Crippen molar-refractivity contribution in [1.82, 2.24) is 0 Å². The van der Waals surface area contributed by atoms with Gasteiger partial charge in [-0.05, 0) is 49.6 Å². The number of hydrogen-bond donors (Lipinski definition) is 1. The molecule has 0 spiro atoms. The molecule has 1 amide bonds. The van der Waals surface area contributed by atoms with Crippen LogP contribution in [0.1, 0.15) is 28.8 Å². The summed E-state index contributed by atoms with van der Waals surface area (Å²) in [5.41, 5.74) is 2.12. The number of benzene rings is 2. The van der Waals surface area contributed by atoms with Crippen molar-refractivity contribution in [1.29, 1.82) is 0 Å². The highest BCUT2D eigenvalue weighted by Crippen LogP contribution is 2.24. The van der Waals surface area contributed by atoms with Crippen LogP contribution in [-0.2, 0) is 4.74 Å². The largest absolute Gasteiger partial charge is 0.490 e. The lowest BCUT2D eigenvalue weighted by atomic mass is 10.1. The summed E-state index contributed by atoms with van der Waals surface area (Å²) in [7, 11) is 0. The second kappa shape index (κ2) is 7.69. The molecule has 0 aliphatic carbocycles. The molecule has 0 aromatic heterocycles. The molecule has 1 heterocycles. The van der Waals surface area contributed by atoms with Crippen molar-refractivity contribution >= 4 is 23.2 Å². The minimum Gasteiger partial charge on any atom is -0.490 e. The molecule has 0 radical (unpaired) electrons. The molecule has 5 heteroatoms. The average Bonchev–Trinajstić information content (AvgIpc) is 3.10. The van der Waals surface area contributed by atoms with E-state index in [1.807, 2.05) is 31.2 Å². The van der Waals surface area contributed by atoms with Gasteiger partial charge in [0, 0.05) is 17.3 Å². The maximum Gasteiger partial charge on any atom is 0.259 e. The fraction of sp³-hybridized carbons (Fsp3) is 0.316. The number of amides is 1. The first-order chi connectivity index (χ1) is 11.6. The molecule has 0 bridgehead atoms. The lowest BCUT2D eigenvalue weighted by Gasteiger charge is -2.14. The molecule has 1 aliphatic rings. The van der Waals surface area contributed by atoms with Crippen LogP contribution in [0, 0.1) is 6.92 Å². The number of carbonyl (C=O) groups is 1. The van der Waals surface area contributed by atoms with E-state index in [1.54, 1.807) is 18.2 Å². The molecule has 0 unspecified atom stereocenters. The standard InChI is InChI=1S/C19H20ClNO3/c1-13-8-9-14(11-17(13)20)21-19(22)16-6-2-3-7-18(16)24-12-15-5-4-10-23-15/h2-3,6-9,11,15H,4-5,10,12H2,1H3,(H,21,22)/t15-/m1/s1. The fourth-order valence-corrected chi connectivity index (χ4v) is 2.79. The third-order valence-electron chi connectivity index (χ3n) is 4.01. The van der Waals surface area contributed by atoms with Gasteiger partial charge in [-0.25, -0.2) is 0 Å². The predicted molar refractivity (Wildman–Crippen MR) is 95.1 cm³/mol. The van der Waals surface area contributed by atoms with Gasteiger partial charge in [0.25, 0.3) is 5.91 Å². The Bertz CT molecular complexity index is 726. The van der Waals surface area contributed by atoms with Gasteiger partial charge in [-0.1, -0.05) is 29.8 Å². The molecule has 1 aliphatic heterocycles. The van der Waals surface area contributed by atoms with E-state index in [0.29, 0.717) is 28.6 Å². The highest BCUT2D eigenvalue weighted by atomic mass is 35.5. The minimum absolute atomic E-state index is 0.108. The van der Waals surface area contributed by atoms with Crippen molar-refractivity contribution in [2.75, 3.05) is 18.5 Å². The van der Waals surface area contributed by atoms with E-state index in [-0.39, 0.29) is 12.0 Å². The van der Waals surface area contributed by atoms with Crippen LogP contribution < -0.4 is 10.1 Å². The van der Waals surface area contributed by atoms with Crippen molar-refractivity contribution in [3.05, 3.63) is 58.6 Å². The number of anilines is 1. The Kier molecular flexibility index (Phi) is 5.38. The number of ether oxygens (including phenoxy) is 2. The molecule has 1 saturated heterocycles. The van der Waals surface area contributed by atoms with Gasteiger partial charge in [-0.2, -0.15) is 0 Å². The molecule has 3 rings (SSSR count). The van der Waals surface area contributed by atoms with Gasteiger partial charge in [-0.15, -0.1) is 0 Å². The summed E-state index contributed by atoms with van der Waals surface area (Å²) in [4.78, 5) is 12.6. The van der Waals surface area contributed by atoms with Gasteiger partial charge < -0.3 is 14.8 Å². The number of aryl methyl sites for hydroxylation is 1. The summed E-state index contributed by atoms with van der Waals surface area (Å²) >= 11 is 6.11. The summed E-state index contributed by atoms with van der Waals surface area (Å²) in [6.07, 6.45) is 2.16. The second-order valence-electron chi connectivity index (χ2n) is 5.86. The Morgan fingerprint density at radius 2 is 2.17 bits per heavy atom. The SMILES string of the molecule is Cc1ccc(NC(=O)c2ccccc2OC[C@H]2CCCO2)cc1Cl. The van der Waals surface area contributed by atoms with Gasteiger partial charge >= 0.3 is 0 Å². The predicted octanol–water partition coefficient (Wildman–Crippen LogP) is 4.46. The monoisotopic (exact) mass is 345 g/mol. The average molecular weight is 346 g/mol. The Balaban J connectivity index is 1.70. The van der Waals surface area contributed by atoms with Crippen LogP contribution in [0.4, 0.5) is 5.69 Å². The van der Waals surface area contributed by atoms with E-state index in [1.165, 1.54) is 0 Å². The molecule has 24 heavy (non-hydrogen) atoms. The molecule has 126 valence electrons. The van der Waals surface area contributed by atoms with Gasteiger partial charge in [0.15, 0.2) is 0 Å². The molecule has 1 fully saturated rings. The van der Waals surface area contributed by atoms with E-state index in [0.717, 1.165) is 25.0 Å². The number of carbonyl (C=O) groups excluding carboxylic acids is 1. The number of hydrogen-bond acceptors (Lipinski definition) is 3. The lowest BCUT2D eigenvalue weighted by Crippen LogP contribution is -2.19. The first-order valence-corrected chi connectivity index (χ1v) is 8.42. The van der Waals surface area contributed by atoms with Crippen LogP contribution in [0.5, 0.6) is 5.75 Å². The van der Waals surface area contributed by atoms with Crippen LogP contribution >= 0.6 is 11.6 Å². The maximum atomic E-state index is 12.6. The number of para-hydroxylation sites is 1. The summed E-state index contributed by atoms with van der Waals surface area (Å²) in [6, 6.07) is 12.7. The van der Waals surface area contributed by atoms with Gasteiger partial charge in [0.1, 0.15) is 12.4 Å². The van der Waals surface area contributed by atoms with E-state index in [9.17, 15) is 4.79 Å². The number of rotatable bonds is 5. The molecule has 0 saturated carbocycles. The van der Waals surface area contributed by atoms with Gasteiger partial charge in [0.2, 0.25) is 0 Å². The van der Waals surface area contributed by atoms with Crippen LogP contribution in [0.2, 0.25) is 5.02 Å². The molecular weight excluding hydrogens is 326 g/mol. The summed E-state index contributed by atoms with van der Waals surface area (Å²) in [6.45, 7) is 3.16. The minimum atomic E-state index is -0.224. The van der Waals surface area contributed by atoms with Crippen molar-refractivity contribution < 1.29 is 14.3 Å². The molecule has 1 N–H and O–H groups in total. The van der Waals surface area contributed by atoms with Crippen LogP contribution in [0.3, 0.4) is 0 Å². The molecule has 1 atom stereocenters. The fourth-order valence-electron chi connectivity index (χ4n) is 2.61. The van der Waals surface area contributed by atoms with E-state index in [2.05, 4.69) is 5.32 Å². The third-order valence-corrected chi connectivity index (χ3v) is 4.42. The van der Waals surface area contributed by atoms with Crippen molar-refractivity contribution in [2.24, 2.45) is 0 Å². The zero-order valence-electron chi connectivity index (χ0n) is 13.5. The van der Waals surface area contributed by atoms with Crippen molar-refractivity contribution in [3.63, 3.8) is 0 Å². The topological polar surface area (TPSA) is 47.6 Å². The normalized spacial score (nSPS) is 16.8. The first-order valence-electron chi connectivity index (χ1n) is 8.04. The molecule has 2 aromatic rings. The van der Waals surface area contributed by atoms with Crippen molar-refractivity contribution in [2.45, 2.75) is 25.9 Å². The summed E-state index contributed by atoms with van der Waals surface area (Å²) < 4.78 is 11.4. The maximum absolute atomic E-state index is 12.6. The lowest BCUT2D eigenvalue weighted by molar-refractivity contribution is 0.0673. The molecule has 4 nitrogen and oxygen atoms in total. The summed E-state index contributed by atoms with van der Waals surface area (Å²) in [5.74, 6) is 0.335. The highest BCUT2D eigenvalue weighted by Gasteiger charge is 2.18. The van der Waals surface area contributed by atoms with E-state index >= 15 is 0 Å². The Morgan fingerprint density at radius 1 is 1.33 bits per heavy atom. The smallest absolute Gasteiger partial charge is 0.259 e. The second-order valence-corrected chi connectivity index (χ2v) is 6.27. The van der Waals surface area contributed by atoms with E-state index < -0.39 is 0 Å². The first kappa shape index (κ1) is 16.8. The summed E-state index contributed by atoms with van der Waals surface area (Å²) in [5, 5.41) is 3.48. The van der Waals surface area contributed by atoms with Crippen LogP contribution in [0.15, 0.2) is 42.5 Å². The number of nitrogens with one attached hydrogen (secondary N) is 1. The quantitative estimate of drug-likeness (QED) is 0.870.